The van der Waals surface area contributed by atoms with E-state index in [9.17, 15) is 22.7 Å². The Balaban J connectivity index is 1.61. The smallest absolute Gasteiger partial charge is 0.355 e. The number of halogens is 2. The summed E-state index contributed by atoms with van der Waals surface area (Å²) in [6, 6.07) is 17.6. The Morgan fingerprint density at radius 1 is 1.08 bits per heavy atom. The molecule has 5 aromatic rings. The van der Waals surface area contributed by atoms with E-state index in [4.69, 9.17) is 16.7 Å². The van der Waals surface area contributed by atoms with Gasteiger partial charge in [0.25, 0.3) is 0 Å². The van der Waals surface area contributed by atoms with E-state index in [-0.39, 0.29) is 10.6 Å². The molecule has 5 rings (SSSR count). The van der Waals surface area contributed by atoms with Gasteiger partial charge < -0.3 is 5.11 Å². The second-order valence-electron chi connectivity index (χ2n) is 8.34. The Kier molecular flexibility index (Phi) is 6.84. The molecule has 12 heteroatoms. The van der Waals surface area contributed by atoms with Crippen LogP contribution in [-0.2, 0) is 16.4 Å². The Bertz CT molecular complexity index is 1780. The minimum Gasteiger partial charge on any atom is -0.476 e. The predicted molar refractivity (Wildman–Crippen MR) is 143 cm³/mol. The van der Waals surface area contributed by atoms with Crippen LogP contribution in [0.25, 0.3) is 27.5 Å². The van der Waals surface area contributed by atoms with Crippen molar-refractivity contribution in [1.82, 2.24) is 14.8 Å². The van der Waals surface area contributed by atoms with Gasteiger partial charge in [-0.3, -0.25) is 0 Å². The topological polar surface area (TPSA) is 128 Å². The van der Waals surface area contributed by atoms with E-state index < -0.39 is 21.8 Å². The van der Waals surface area contributed by atoms with Gasteiger partial charge in [-0.1, -0.05) is 35.9 Å². The fourth-order valence-corrected chi connectivity index (χ4v) is 5.34. The second-order valence-corrected chi connectivity index (χ2v) is 11.2. The summed E-state index contributed by atoms with van der Waals surface area (Å²) in [5.74, 6) is -1.58. The predicted octanol–water partition coefficient (Wildman–Crippen LogP) is 5.39. The maximum atomic E-state index is 14.8. The fourth-order valence-electron chi connectivity index (χ4n) is 3.91. The molecule has 2 heterocycles. The summed E-state index contributed by atoms with van der Waals surface area (Å²) < 4.78 is 39.6. The Morgan fingerprint density at radius 2 is 1.84 bits per heavy atom. The van der Waals surface area contributed by atoms with Gasteiger partial charge in [0, 0.05) is 39.7 Å². The third-order valence-corrected chi connectivity index (χ3v) is 7.71. The first-order valence-electron chi connectivity index (χ1n) is 11.0. The average molecular weight is 569 g/mol. The molecular formula is C26H18ClFN4O4S2. The van der Waals surface area contributed by atoms with Gasteiger partial charge in [-0.25, -0.2) is 32.4 Å². The molecule has 0 saturated carbocycles. The summed E-state index contributed by atoms with van der Waals surface area (Å²) in [5, 5.41) is 21.4. The number of primary sulfonamides is 1. The minimum absolute atomic E-state index is 0.00847. The first-order valence-corrected chi connectivity index (χ1v) is 13.8. The van der Waals surface area contributed by atoms with Crippen molar-refractivity contribution in [2.24, 2.45) is 5.14 Å². The van der Waals surface area contributed by atoms with Gasteiger partial charge in [0.05, 0.1) is 10.6 Å². The van der Waals surface area contributed by atoms with E-state index >= 15 is 0 Å². The number of sulfonamides is 1. The normalized spacial score (nSPS) is 11.6. The Hall–Kier alpha value is -3.90. The molecule has 0 aliphatic rings. The molecule has 192 valence electrons. The standard InChI is InChI=1S/C26H18ClFN4O4S2/c27-19-3-1-2-16(11-19)21-12-17(6-9-22(21)28)24-18(10-15-4-7-20(8-5-15)38(29,35)36)13-32(31-24)26-30-23(14-37-26)25(33)34/h1-9,11-14H,10H2,(H,33,34)(H2,29,35,36). The molecule has 0 atom stereocenters. The van der Waals surface area contributed by atoms with Crippen molar-refractivity contribution in [1.29, 1.82) is 0 Å². The lowest BCUT2D eigenvalue weighted by molar-refractivity contribution is 0.0691. The van der Waals surface area contributed by atoms with Crippen molar-refractivity contribution in [2.45, 2.75) is 11.3 Å². The lowest BCUT2D eigenvalue weighted by atomic mass is 9.97. The molecule has 0 amide bonds. The molecule has 0 radical (unpaired) electrons. The van der Waals surface area contributed by atoms with Gasteiger partial charge >= 0.3 is 5.97 Å². The summed E-state index contributed by atoms with van der Waals surface area (Å²) in [6.07, 6.45) is 2.07. The van der Waals surface area contributed by atoms with Gasteiger partial charge in [-0.15, -0.1) is 11.3 Å². The van der Waals surface area contributed by atoms with Crippen LogP contribution in [0.2, 0.25) is 5.02 Å². The van der Waals surface area contributed by atoms with E-state index in [0.717, 1.165) is 22.5 Å². The third-order valence-electron chi connectivity index (χ3n) is 5.72. The first kappa shape index (κ1) is 25.7. The fraction of sp³-hybridized carbons (Fsp3) is 0.0385. The number of hydrogen-bond acceptors (Lipinski definition) is 6. The van der Waals surface area contributed by atoms with Crippen LogP contribution < -0.4 is 5.14 Å². The van der Waals surface area contributed by atoms with Crippen LogP contribution in [0, 0.1) is 5.82 Å². The SMILES string of the molecule is NS(=O)(=O)c1ccc(Cc2cn(-c3nc(C(=O)O)cs3)nc2-c2ccc(F)c(-c3cccc(Cl)c3)c2)cc1. The van der Waals surface area contributed by atoms with Crippen LogP contribution in [0.15, 0.2) is 83.2 Å². The number of aromatic carboxylic acids is 1. The number of carboxylic acid groups (broad SMARTS) is 1. The molecular weight excluding hydrogens is 551 g/mol. The van der Waals surface area contributed by atoms with Crippen LogP contribution >= 0.6 is 22.9 Å². The number of nitrogens with zero attached hydrogens (tertiary/aromatic N) is 3. The average Bonchev–Trinajstić information content (AvgIpc) is 3.52. The molecule has 38 heavy (non-hydrogen) atoms. The molecule has 0 unspecified atom stereocenters. The molecule has 0 saturated heterocycles. The Labute approximate surface area is 225 Å². The van der Waals surface area contributed by atoms with Crippen LogP contribution in [0.5, 0.6) is 0 Å². The highest BCUT2D eigenvalue weighted by Gasteiger charge is 2.18. The number of thiazole rings is 1. The highest BCUT2D eigenvalue weighted by atomic mass is 35.5. The third kappa shape index (κ3) is 5.36. The van der Waals surface area contributed by atoms with Crippen LogP contribution in [0.1, 0.15) is 21.6 Å². The molecule has 8 nitrogen and oxygen atoms in total. The van der Waals surface area contributed by atoms with Crippen LogP contribution in [0.4, 0.5) is 4.39 Å². The highest BCUT2D eigenvalue weighted by molar-refractivity contribution is 7.89. The van der Waals surface area contributed by atoms with Crippen molar-refractivity contribution in [3.05, 3.63) is 106 Å². The second kappa shape index (κ2) is 10.1. The number of benzene rings is 3. The molecule has 3 N–H and O–H groups in total. The van der Waals surface area contributed by atoms with E-state index in [2.05, 4.69) is 10.1 Å². The quantitative estimate of drug-likeness (QED) is 0.271. The maximum Gasteiger partial charge on any atom is 0.355 e. The Morgan fingerprint density at radius 3 is 2.50 bits per heavy atom. The van der Waals surface area contributed by atoms with E-state index in [0.29, 0.717) is 39.0 Å². The van der Waals surface area contributed by atoms with E-state index in [1.807, 2.05) is 0 Å². The number of nitrogens with two attached hydrogens (primary N) is 1. The molecule has 2 aromatic heterocycles. The van der Waals surface area contributed by atoms with E-state index in [1.54, 1.807) is 54.7 Å². The largest absolute Gasteiger partial charge is 0.476 e. The van der Waals surface area contributed by atoms with Crippen molar-refractivity contribution in [3.8, 4) is 27.5 Å². The van der Waals surface area contributed by atoms with Crippen molar-refractivity contribution in [2.75, 3.05) is 0 Å². The molecule has 0 fully saturated rings. The summed E-state index contributed by atoms with van der Waals surface area (Å²) in [7, 11) is -3.83. The van der Waals surface area contributed by atoms with E-state index in [1.165, 1.54) is 28.3 Å². The lowest BCUT2D eigenvalue weighted by Gasteiger charge is -2.08. The van der Waals surface area contributed by atoms with Gasteiger partial charge in [0.1, 0.15) is 5.82 Å². The first-order chi connectivity index (χ1) is 18.1. The number of rotatable bonds is 7. The number of carbonyl (C=O) groups is 1. The minimum atomic E-state index is -3.83. The van der Waals surface area contributed by atoms with Crippen LogP contribution in [0.3, 0.4) is 0 Å². The van der Waals surface area contributed by atoms with Gasteiger partial charge in [-0.05, 0) is 53.6 Å². The van der Waals surface area contributed by atoms with Gasteiger partial charge in [0.15, 0.2) is 5.69 Å². The van der Waals surface area contributed by atoms with Gasteiger partial charge in [-0.2, -0.15) is 5.10 Å². The highest BCUT2D eigenvalue weighted by Crippen LogP contribution is 2.33. The van der Waals surface area contributed by atoms with Crippen molar-refractivity contribution in [3.63, 3.8) is 0 Å². The zero-order valence-corrected chi connectivity index (χ0v) is 21.8. The monoisotopic (exact) mass is 568 g/mol. The summed E-state index contributed by atoms with van der Waals surface area (Å²) in [4.78, 5) is 15.4. The summed E-state index contributed by atoms with van der Waals surface area (Å²) in [6.45, 7) is 0. The number of hydrogen-bond donors (Lipinski definition) is 2. The molecule has 0 bridgehead atoms. The maximum absolute atomic E-state index is 14.8. The zero-order chi connectivity index (χ0) is 27.0. The number of aromatic nitrogens is 3. The number of carboxylic acids is 1. The van der Waals surface area contributed by atoms with Crippen LogP contribution in [-0.4, -0.2) is 34.3 Å². The van der Waals surface area contributed by atoms with Crippen molar-refractivity contribution >= 4 is 38.9 Å². The van der Waals surface area contributed by atoms with Gasteiger partial charge in [0.2, 0.25) is 15.2 Å². The molecule has 3 aromatic carbocycles. The summed E-state index contributed by atoms with van der Waals surface area (Å²) >= 11 is 7.24. The van der Waals surface area contributed by atoms with Crippen molar-refractivity contribution < 1.29 is 22.7 Å². The zero-order valence-electron chi connectivity index (χ0n) is 19.4. The molecule has 0 aliphatic heterocycles. The molecule has 0 spiro atoms. The molecule has 0 aliphatic carbocycles. The summed E-state index contributed by atoms with van der Waals surface area (Å²) in [5.41, 5.74) is 3.48. The lowest BCUT2D eigenvalue weighted by Crippen LogP contribution is -2.11.